The summed E-state index contributed by atoms with van der Waals surface area (Å²) in [7, 11) is 0. The van der Waals surface area contributed by atoms with Crippen LogP contribution in [0.25, 0.3) is 22.0 Å². The number of fused-ring (bicyclic) bond motifs is 2. The molecule has 1 aliphatic heterocycles. The summed E-state index contributed by atoms with van der Waals surface area (Å²) in [6, 6.07) is 12.0. The molecule has 0 amide bonds. The predicted molar refractivity (Wildman–Crippen MR) is 90.3 cm³/mol. The molecule has 1 aromatic heterocycles. The van der Waals surface area contributed by atoms with Crippen LogP contribution in [-0.4, -0.2) is 15.8 Å². The maximum Gasteiger partial charge on any atom is 0.125 e. The molecule has 0 fully saturated rings. The molecule has 112 valence electrons. The molecule has 0 saturated heterocycles. The maximum atomic E-state index is 13.3. The van der Waals surface area contributed by atoms with Gasteiger partial charge in [0.1, 0.15) is 5.82 Å². The van der Waals surface area contributed by atoms with E-state index < -0.39 is 0 Å². The molecule has 2 nitrogen and oxygen atoms in total. The van der Waals surface area contributed by atoms with Crippen LogP contribution >= 0.6 is 11.9 Å². The first kappa shape index (κ1) is 13.9. The van der Waals surface area contributed by atoms with Crippen molar-refractivity contribution in [3.8, 4) is 11.1 Å². The fourth-order valence-corrected chi connectivity index (χ4v) is 4.28. The first-order valence-electron chi connectivity index (χ1n) is 7.53. The van der Waals surface area contributed by atoms with Crippen molar-refractivity contribution >= 4 is 22.9 Å². The molecule has 2 heterocycles. The van der Waals surface area contributed by atoms with Crippen molar-refractivity contribution in [3.63, 3.8) is 0 Å². The highest BCUT2D eigenvalue weighted by Gasteiger charge is 2.27. The minimum absolute atomic E-state index is 0.210. The molecule has 4 rings (SSSR count). The summed E-state index contributed by atoms with van der Waals surface area (Å²) < 4.78 is 15.7. The van der Waals surface area contributed by atoms with E-state index in [4.69, 9.17) is 0 Å². The van der Waals surface area contributed by atoms with Crippen molar-refractivity contribution < 1.29 is 4.39 Å². The van der Waals surface area contributed by atoms with Crippen LogP contribution in [0.5, 0.6) is 0 Å². The van der Waals surface area contributed by atoms with E-state index in [2.05, 4.69) is 41.3 Å². The minimum Gasteiger partial charge on any atom is -0.360 e. The average molecular weight is 312 g/mol. The Hall–Kier alpha value is -1.78. The Labute approximate surface area is 133 Å². The summed E-state index contributed by atoms with van der Waals surface area (Å²) in [5.41, 5.74) is 4.53. The molecule has 4 heteroatoms. The number of aromatic nitrogens is 1. The summed E-state index contributed by atoms with van der Waals surface area (Å²) in [6.07, 6.45) is 1.97. The largest absolute Gasteiger partial charge is 0.360 e. The topological polar surface area (TPSA) is 19.0 Å². The van der Waals surface area contributed by atoms with E-state index in [1.54, 1.807) is 6.07 Å². The number of hydrogen-bond donors (Lipinski definition) is 1. The van der Waals surface area contributed by atoms with Gasteiger partial charge in [-0.05, 0) is 60.3 Å². The summed E-state index contributed by atoms with van der Waals surface area (Å²) in [6.45, 7) is 5.46. The highest BCUT2D eigenvalue weighted by molar-refractivity contribution is 7.97. The molecule has 2 aromatic carbocycles. The van der Waals surface area contributed by atoms with Gasteiger partial charge in [0.05, 0.1) is 0 Å². The van der Waals surface area contributed by atoms with Crippen LogP contribution in [0.1, 0.15) is 25.5 Å². The lowest BCUT2D eigenvalue weighted by atomic mass is 9.99. The lowest BCUT2D eigenvalue weighted by molar-refractivity contribution is 0.414. The number of nitrogens with zero attached hydrogens (tertiary/aromatic N) is 1. The van der Waals surface area contributed by atoms with Crippen LogP contribution < -0.4 is 0 Å². The second-order valence-corrected chi connectivity index (χ2v) is 6.74. The highest BCUT2D eigenvalue weighted by Crippen LogP contribution is 2.45. The number of benzene rings is 2. The van der Waals surface area contributed by atoms with Gasteiger partial charge in [-0.25, -0.2) is 8.70 Å². The van der Waals surface area contributed by atoms with E-state index in [1.165, 1.54) is 22.1 Å². The van der Waals surface area contributed by atoms with Gasteiger partial charge in [-0.15, -0.1) is 0 Å². The third kappa shape index (κ3) is 2.06. The lowest BCUT2D eigenvalue weighted by Crippen LogP contribution is -2.13. The van der Waals surface area contributed by atoms with Gasteiger partial charge in [0, 0.05) is 40.1 Å². The molecule has 1 N–H and O–H groups in total. The number of hydrogen-bond acceptors (Lipinski definition) is 2. The van der Waals surface area contributed by atoms with Gasteiger partial charge in [-0.2, -0.15) is 0 Å². The third-order valence-corrected chi connectivity index (χ3v) is 5.75. The van der Waals surface area contributed by atoms with Crippen molar-refractivity contribution in [1.29, 1.82) is 0 Å². The quantitative estimate of drug-likeness (QED) is 0.641. The van der Waals surface area contributed by atoms with E-state index in [-0.39, 0.29) is 5.82 Å². The van der Waals surface area contributed by atoms with Gasteiger partial charge in [-0.1, -0.05) is 13.0 Å². The Bertz CT molecular complexity index is 855. The standard InChI is InChI=1S/C18H17FN2S/c1-3-21-11(2)15-8-12(4-7-18(15)22-21)16-10-20-17-9-13(19)5-6-14(16)17/h4-11,20H,3H2,1-2H3. The molecule has 0 saturated carbocycles. The van der Waals surface area contributed by atoms with Crippen molar-refractivity contribution in [2.45, 2.75) is 24.8 Å². The minimum atomic E-state index is -0.210. The fraction of sp³-hybridized carbons (Fsp3) is 0.222. The second-order valence-electron chi connectivity index (χ2n) is 5.65. The zero-order valence-corrected chi connectivity index (χ0v) is 13.4. The van der Waals surface area contributed by atoms with Gasteiger partial charge < -0.3 is 4.98 Å². The lowest BCUT2D eigenvalue weighted by Gasteiger charge is -2.17. The molecule has 22 heavy (non-hydrogen) atoms. The van der Waals surface area contributed by atoms with Gasteiger partial charge in [0.2, 0.25) is 0 Å². The van der Waals surface area contributed by atoms with Crippen LogP contribution in [0.15, 0.2) is 47.5 Å². The van der Waals surface area contributed by atoms with Crippen LogP contribution in [0, 0.1) is 5.82 Å². The van der Waals surface area contributed by atoms with Gasteiger partial charge in [0.25, 0.3) is 0 Å². The molecular weight excluding hydrogens is 295 g/mol. The number of halogens is 1. The predicted octanol–water partition coefficient (Wildman–Crippen LogP) is 5.38. The van der Waals surface area contributed by atoms with Crippen molar-refractivity contribution in [3.05, 3.63) is 54.0 Å². The first-order chi connectivity index (χ1) is 10.7. The molecule has 0 radical (unpaired) electrons. The van der Waals surface area contributed by atoms with Gasteiger partial charge in [-0.3, -0.25) is 0 Å². The Morgan fingerprint density at radius 3 is 2.91 bits per heavy atom. The van der Waals surface area contributed by atoms with Crippen LogP contribution in [0.4, 0.5) is 4.39 Å². The van der Waals surface area contributed by atoms with Gasteiger partial charge in [0.15, 0.2) is 0 Å². The van der Waals surface area contributed by atoms with Crippen molar-refractivity contribution in [1.82, 2.24) is 9.29 Å². The zero-order valence-electron chi connectivity index (χ0n) is 12.6. The molecule has 0 aliphatic carbocycles. The fourth-order valence-electron chi connectivity index (χ4n) is 3.16. The molecule has 1 unspecified atom stereocenters. The molecular formula is C18H17FN2S. The van der Waals surface area contributed by atoms with Crippen molar-refractivity contribution in [2.75, 3.05) is 6.54 Å². The van der Waals surface area contributed by atoms with Crippen molar-refractivity contribution in [2.24, 2.45) is 0 Å². The molecule has 1 atom stereocenters. The number of H-pyrrole nitrogens is 1. The van der Waals surface area contributed by atoms with Gasteiger partial charge >= 0.3 is 0 Å². The summed E-state index contributed by atoms with van der Waals surface area (Å²) in [5, 5.41) is 1.06. The molecule has 3 aromatic rings. The average Bonchev–Trinajstić information content (AvgIpc) is 3.08. The van der Waals surface area contributed by atoms with Crippen LogP contribution in [0.3, 0.4) is 0 Å². The summed E-state index contributed by atoms with van der Waals surface area (Å²) in [5.74, 6) is -0.210. The Kier molecular flexibility index (Phi) is 3.24. The highest BCUT2D eigenvalue weighted by atomic mass is 32.2. The molecule has 1 aliphatic rings. The van der Waals surface area contributed by atoms with Crippen LogP contribution in [-0.2, 0) is 0 Å². The normalized spacial score (nSPS) is 18.0. The zero-order chi connectivity index (χ0) is 15.3. The van der Waals surface area contributed by atoms with E-state index in [9.17, 15) is 4.39 Å². The second kappa shape index (κ2) is 5.14. The number of nitrogens with one attached hydrogen (secondary N) is 1. The Morgan fingerprint density at radius 2 is 2.09 bits per heavy atom. The summed E-state index contributed by atoms with van der Waals surface area (Å²) >= 11 is 1.83. The van der Waals surface area contributed by atoms with Crippen LogP contribution in [0.2, 0.25) is 0 Å². The number of aromatic amines is 1. The van der Waals surface area contributed by atoms with E-state index in [0.29, 0.717) is 6.04 Å². The van der Waals surface area contributed by atoms with E-state index in [0.717, 1.165) is 23.0 Å². The SMILES string of the molecule is CCN1Sc2ccc(-c3c[nH]c4cc(F)ccc34)cc2C1C. The molecule has 0 bridgehead atoms. The number of rotatable bonds is 2. The van der Waals surface area contributed by atoms with E-state index >= 15 is 0 Å². The third-order valence-electron chi connectivity index (χ3n) is 4.37. The summed E-state index contributed by atoms with van der Waals surface area (Å²) in [4.78, 5) is 4.51. The monoisotopic (exact) mass is 312 g/mol. The Morgan fingerprint density at radius 1 is 1.23 bits per heavy atom. The first-order valence-corrected chi connectivity index (χ1v) is 8.30. The maximum absolute atomic E-state index is 13.3. The molecule has 0 spiro atoms. The smallest absolute Gasteiger partial charge is 0.125 e. The van der Waals surface area contributed by atoms with E-state index in [1.807, 2.05) is 24.2 Å². The Balaban J connectivity index is 1.82.